The van der Waals surface area contributed by atoms with Crippen molar-refractivity contribution in [1.29, 1.82) is 0 Å². The molecule has 0 fully saturated rings. The van der Waals surface area contributed by atoms with Crippen molar-refractivity contribution in [3.05, 3.63) is 24.4 Å². The lowest BCUT2D eigenvalue weighted by molar-refractivity contribution is 0.382. The Kier molecular flexibility index (Phi) is 2.82. The van der Waals surface area contributed by atoms with E-state index in [1.807, 2.05) is 24.4 Å². The van der Waals surface area contributed by atoms with E-state index in [9.17, 15) is 0 Å². The smallest absolute Gasteiger partial charge is 0.122 e. The zero-order valence-electron chi connectivity index (χ0n) is 6.13. The molecule has 0 aliphatic carbocycles. The van der Waals surface area contributed by atoms with Gasteiger partial charge in [-0.1, -0.05) is 24.6 Å². The van der Waals surface area contributed by atoms with Gasteiger partial charge in [-0.15, -0.1) is 0 Å². The van der Waals surface area contributed by atoms with E-state index >= 15 is 0 Å². The molecule has 1 heterocycles. The third kappa shape index (κ3) is 1.77. The van der Waals surface area contributed by atoms with Crippen LogP contribution in [0.1, 0.15) is 13.3 Å². The highest BCUT2D eigenvalue weighted by Gasteiger charge is 2.08. The molecule has 0 spiro atoms. The molecule has 1 aliphatic heterocycles. The maximum absolute atomic E-state index is 5.95. The van der Waals surface area contributed by atoms with Crippen LogP contribution in [0.4, 0.5) is 0 Å². The summed E-state index contributed by atoms with van der Waals surface area (Å²) in [4.78, 5) is 2.11. The average Bonchev–Trinajstić information content (AvgIpc) is 1.94. The number of alkyl halides is 1. The van der Waals surface area contributed by atoms with Crippen molar-refractivity contribution in [3.8, 4) is 0 Å². The van der Waals surface area contributed by atoms with Crippen LogP contribution < -0.4 is 0 Å². The molecule has 1 unspecified atom stereocenters. The first-order valence-corrected chi connectivity index (χ1v) is 4.03. The molecule has 0 saturated carbocycles. The summed E-state index contributed by atoms with van der Waals surface area (Å²) in [5.74, 6) is 0. The van der Waals surface area contributed by atoms with Gasteiger partial charge in [0.05, 0.1) is 0 Å². The van der Waals surface area contributed by atoms with Gasteiger partial charge in [0.25, 0.3) is 0 Å². The molecule has 1 nitrogen and oxygen atoms in total. The Labute approximate surface area is 67.0 Å². The van der Waals surface area contributed by atoms with Gasteiger partial charge in [-0.2, -0.15) is 0 Å². The Balaban J connectivity index is 2.44. The van der Waals surface area contributed by atoms with Gasteiger partial charge in [-0.25, -0.2) is 0 Å². The maximum Gasteiger partial charge on any atom is 0.122 e. The summed E-state index contributed by atoms with van der Waals surface area (Å²) in [5.41, 5.74) is 0.0601. The number of hydrogen-bond acceptors (Lipinski definition) is 1. The summed E-state index contributed by atoms with van der Waals surface area (Å²) < 4.78 is 0. The molecule has 1 aliphatic rings. The highest BCUT2D eigenvalue weighted by molar-refractivity contribution is 6.21. The van der Waals surface area contributed by atoms with Crippen molar-refractivity contribution >= 4 is 11.6 Å². The van der Waals surface area contributed by atoms with E-state index < -0.39 is 0 Å². The van der Waals surface area contributed by atoms with Crippen molar-refractivity contribution in [2.45, 2.75) is 18.8 Å². The topological polar surface area (TPSA) is 3.24 Å². The molecule has 10 heavy (non-hydrogen) atoms. The Hall–Kier alpha value is -0.430. The van der Waals surface area contributed by atoms with Gasteiger partial charge >= 0.3 is 0 Å². The van der Waals surface area contributed by atoms with E-state index in [2.05, 4.69) is 11.8 Å². The van der Waals surface area contributed by atoms with Gasteiger partial charge in [0, 0.05) is 12.7 Å². The lowest BCUT2D eigenvalue weighted by atomic mass is 10.3. The number of rotatable bonds is 2. The summed E-state index contributed by atoms with van der Waals surface area (Å²) in [7, 11) is 0. The highest BCUT2D eigenvalue weighted by atomic mass is 35.5. The van der Waals surface area contributed by atoms with Crippen LogP contribution in [0.25, 0.3) is 0 Å². The number of nitrogens with zero attached hydrogens (tertiary/aromatic N) is 1. The van der Waals surface area contributed by atoms with Crippen LogP contribution in [0.15, 0.2) is 24.4 Å². The van der Waals surface area contributed by atoms with E-state index in [-0.39, 0.29) is 5.50 Å². The fourth-order valence-corrected chi connectivity index (χ4v) is 1.21. The minimum Gasteiger partial charge on any atom is -0.358 e. The molecule has 0 amide bonds. The predicted molar refractivity (Wildman–Crippen MR) is 44.9 cm³/mol. The fraction of sp³-hybridized carbons (Fsp3) is 0.500. The van der Waals surface area contributed by atoms with Gasteiger partial charge in [0.1, 0.15) is 5.50 Å². The summed E-state index contributed by atoms with van der Waals surface area (Å²) in [5, 5.41) is 0. The first-order chi connectivity index (χ1) is 4.84. The van der Waals surface area contributed by atoms with Gasteiger partial charge in [-0.05, 0) is 18.6 Å². The minimum absolute atomic E-state index is 0.0601. The van der Waals surface area contributed by atoms with Crippen LogP contribution in [0.5, 0.6) is 0 Å². The van der Waals surface area contributed by atoms with Crippen molar-refractivity contribution in [2.24, 2.45) is 0 Å². The largest absolute Gasteiger partial charge is 0.358 e. The van der Waals surface area contributed by atoms with E-state index in [1.54, 1.807) is 0 Å². The Morgan fingerprint density at radius 2 is 2.30 bits per heavy atom. The number of hydrogen-bond donors (Lipinski definition) is 0. The standard InChI is InChI=1S/C8H12ClN/c1-2-6-10-7-4-3-5-8(10)9/h3-5,7-8H,2,6H2,1H3. The van der Waals surface area contributed by atoms with Crippen molar-refractivity contribution < 1.29 is 0 Å². The van der Waals surface area contributed by atoms with Crippen LogP contribution in [-0.4, -0.2) is 16.9 Å². The van der Waals surface area contributed by atoms with Gasteiger partial charge in [0.15, 0.2) is 0 Å². The quantitative estimate of drug-likeness (QED) is 0.440. The lowest BCUT2D eigenvalue weighted by Crippen LogP contribution is -2.26. The lowest BCUT2D eigenvalue weighted by Gasteiger charge is -2.24. The second-order valence-corrected chi connectivity index (χ2v) is 2.78. The second-order valence-electron chi connectivity index (χ2n) is 2.34. The number of allylic oxidation sites excluding steroid dienone is 2. The monoisotopic (exact) mass is 157 g/mol. The second kappa shape index (κ2) is 3.67. The van der Waals surface area contributed by atoms with Crippen molar-refractivity contribution in [2.75, 3.05) is 6.54 Å². The average molecular weight is 158 g/mol. The molecule has 0 bridgehead atoms. The molecule has 0 aromatic rings. The third-order valence-corrected chi connectivity index (χ3v) is 1.85. The van der Waals surface area contributed by atoms with Gasteiger partial charge in [-0.3, -0.25) is 0 Å². The molecule has 0 radical (unpaired) electrons. The minimum atomic E-state index is 0.0601. The van der Waals surface area contributed by atoms with Crippen LogP contribution in [0.3, 0.4) is 0 Å². The first-order valence-electron chi connectivity index (χ1n) is 3.59. The third-order valence-electron chi connectivity index (χ3n) is 1.46. The van der Waals surface area contributed by atoms with Crippen molar-refractivity contribution in [1.82, 2.24) is 4.90 Å². The van der Waals surface area contributed by atoms with Crippen LogP contribution in [0.2, 0.25) is 0 Å². The Morgan fingerprint density at radius 1 is 1.50 bits per heavy atom. The molecule has 1 atom stereocenters. The fourth-order valence-electron chi connectivity index (χ4n) is 0.965. The maximum atomic E-state index is 5.95. The molecular formula is C8H12ClN. The summed E-state index contributed by atoms with van der Waals surface area (Å²) in [6, 6.07) is 0. The molecule has 0 saturated heterocycles. The summed E-state index contributed by atoms with van der Waals surface area (Å²) in [6.07, 6.45) is 9.14. The van der Waals surface area contributed by atoms with Gasteiger partial charge < -0.3 is 4.90 Å². The van der Waals surface area contributed by atoms with E-state index in [4.69, 9.17) is 11.6 Å². The van der Waals surface area contributed by atoms with Crippen LogP contribution >= 0.6 is 11.6 Å². The normalized spacial score (nSPS) is 23.8. The molecule has 1 rings (SSSR count). The molecule has 56 valence electrons. The first kappa shape index (κ1) is 7.67. The molecule has 0 aromatic heterocycles. The SMILES string of the molecule is CCCN1C=CC=CC1Cl. The van der Waals surface area contributed by atoms with E-state index in [0.717, 1.165) is 13.0 Å². The summed E-state index contributed by atoms with van der Waals surface area (Å²) >= 11 is 5.95. The predicted octanol–water partition coefficient (Wildman–Crippen LogP) is 2.35. The Morgan fingerprint density at radius 3 is 2.90 bits per heavy atom. The van der Waals surface area contributed by atoms with Crippen LogP contribution in [-0.2, 0) is 0 Å². The van der Waals surface area contributed by atoms with Crippen LogP contribution in [0, 0.1) is 0 Å². The zero-order chi connectivity index (χ0) is 7.40. The zero-order valence-corrected chi connectivity index (χ0v) is 6.88. The van der Waals surface area contributed by atoms with Crippen molar-refractivity contribution in [3.63, 3.8) is 0 Å². The summed E-state index contributed by atoms with van der Waals surface area (Å²) in [6.45, 7) is 3.19. The Bertz CT molecular complexity index is 151. The molecule has 0 aromatic carbocycles. The molecule has 0 N–H and O–H groups in total. The van der Waals surface area contributed by atoms with E-state index in [1.165, 1.54) is 0 Å². The molecular weight excluding hydrogens is 146 g/mol. The number of halogens is 1. The highest BCUT2D eigenvalue weighted by Crippen LogP contribution is 2.11. The molecule has 2 heteroatoms. The van der Waals surface area contributed by atoms with E-state index in [0.29, 0.717) is 0 Å². The van der Waals surface area contributed by atoms with Gasteiger partial charge in [0.2, 0.25) is 0 Å².